The van der Waals surface area contributed by atoms with Gasteiger partial charge in [0.15, 0.2) is 4.91 Å². The highest BCUT2D eigenvalue weighted by Gasteiger charge is 2.20. The van der Waals surface area contributed by atoms with Gasteiger partial charge in [-0.3, -0.25) is 0 Å². The Balaban J connectivity index is 2.30. The number of hydrogen-bond acceptors (Lipinski definition) is 4. The van der Waals surface area contributed by atoms with Crippen molar-refractivity contribution in [2.24, 2.45) is 0 Å². The number of nitrogens with zero attached hydrogens (tertiary/aromatic N) is 1. The van der Waals surface area contributed by atoms with Gasteiger partial charge in [-0.05, 0) is 48.5 Å². The lowest BCUT2D eigenvalue weighted by Gasteiger charge is -2.05. The van der Waals surface area contributed by atoms with E-state index in [9.17, 15) is 8.42 Å². The molecule has 4 nitrogen and oxygen atoms in total. The molecular weight excluding hydrogens is 343 g/mol. The number of nitriles is 1. The number of nitrogens with one attached hydrogen (secondary N) is 1. The molecule has 112 valence electrons. The summed E-state index contributed by atoms with van der Waals surface area (Å²) in [5.41, 5.74) is 0.614. The minimum absolute atomic E-state index is 0.00241. The quantitative estimate of drug-likeness (QED) is 0.835. The Hall–Kier alpha value is -2.00. The molecule has 0 aliphatic rings. The first kappa shape index (κ1) is 16.4. The van der Waals surface area contributed by atoms with Gasteiger partial charge in [-0.2, -0.15) is 5.26 Å². The van der Waals surface area contributed by atoms with Gasteiger partial charge in [-0.25, -0.2) is 8.42 Å². The van der Waals surface area contributed by atoms with Crippen molar-refractivity contribution in [3.8, 4) is 6.07 Å². The van der Waals surface area contributed by atoms with Crippen molar-refractivity contribution >= 4 is 38.7 Å². The monoisotopic (exact) mass is 352 g/mol. The molecule has 0 spiro atoms. The first-order valence-electron chi connectivity index (χ1n) is 6.06. The largest absolute Gasteiger partial charge is 0.360 e. The Morgan fingerprint density at radius 3 is 2.00 bits per heavy atom. The number of hydrogen-bond donors (Lipinski definition) is 1. The van der Waals surface area contributed by atoms with E-state index in [1.165, 1.54) is 24.3 Å². The molecule has 0 heterocycles. The second-order valence-electron chi connectivity index (χ2n) is 4.23. The Morgan fingerprint density at radius 1 is 1.00 bits per heavy atom. The first-order valence-corrected chi connectivity index (χ1v) is 8.30. The minimum Gasteiger partial charge on any atom is -0.360 e. The second-order valence-corrected chi connectivity index (χ2v) is 7.02. The van der Waals surface area contributed by atoms with Gasteiger partial charge in [0.2, 0.25) is 9.84 Å². The van der Waals surface area contributed by atoms with Gasteiger partial charge in [0.05, 0.1) is 4.90 Å². The van der Waals surface area contributed by atoms with Crippen LogP contribution in [0.5, 0.6) is 0 Å². The summed E-state index contributed by atoms with van der Waals surface area (Å²) in [6.07, 6.45) is 1.15. The molecule has 0 unspecified atom stereocenters. The Labute approximate surface area is 138 Å². The Bertz CT molecular complexity index is 837. The van der Waals surface area contributed by atoms with Crippen LogP contribution in [0.25, 0.3) is 0 Å². The fourth-order valence-corrected chi connectivity index (χ4v) is 2.94. The zero-order valence-electron chi connectivity index (χ0n) is 11.1. The molecule has 0 atom stereocenters. The van der Waals surface area contributed by atoms with Crippen LogP contribution < -0.4 is 5.32 Å². The topological polar surface area (TPSA) is 70.0 Å². The van der Waals surface area contributed by atoms with Gasteiger partial charge in [0, 0.05) is 21.9 Å². The number of halogens is 2. The third kappa shape index (κ3) is 3.80. The van der Waals surface area contributed by atoms with Crippen LogP contribution in [0.3, 0.4) is 0 Å². The van der Waals surface area contributed by atoms with Crippen molar-refractivity contribution in [2.45, 2.75) is 4.90 Å². The molecule has 0 amide bonds. The lowest BCUT2D eigenvalue weighted by Crippen LogP contribution is -2.05. The molecule has 2 aromatic rings. The van der Waals surface area contributed by atoms with Crippen molar-refractivity contribution in [2.75, 3.05) is 5.32 Å². The molecule has 2 rings (SSSR count). The average Bonchev–Trinajstić information content (AvgIpc) is 2.50. The van der Waals surface area contributed by atoms with E-state index < -0.39 is 14.7 Å². The van der Waals surface area contributed by atoms with Gasteiger partial charge in [0.1, 0.15) is 6.07 Å². The van der Waals surface area contributed by atoms with Crippen LogP contribution in [-0.2, 0) is 9.84 Å². The molecule has 0 bridgehead atoms. The maximum atomic E-state index is 12.4. The maximum Gasteiger partial charge on any atom is 0.218 e. The van der Waals surface area contributed by atoms with E-state index in [0.29, 0.717) is 15.7 Å². The SMILES string of the molecule is N#CC(=CNc1ccc(Cl)cc1)S(=O)(=O)c1ccc(Cl)cc1. The van der Waals surface area contributed by atoms with Gasteiger partial charge < -0.3 is 5.32 Å². The van der Waals surface area contributed by atoms with Crippen LogP contribution in [0.15, 0.2) is 64.5 Å². The molecule has 0 aliphatic carbocycles. The predicted molar refractivity (Wildman–Crippen MR) is 87.4 cm³/mol. The lowest BCUT2D eigenvalue weighted by molar-refractivity contribution is 0.603. The highest BCUT2D eigenvalue weighted by atomic mass is 35.5. The van der Waals surface area contributed by atoms with Crippen molar-refractivity contribution in [3.05, 3.63) is 69.7 Å². The van der Waals surface area contributed by atoms with Crippen LogP contribution in [0, 0.1) is 11.3 Å². The fourth-order valence-electron chi connectivity index (χ4n) is 1.61. The molecule has 0 radical (unpaired) electrons. The van der Waals surface area contributed by atoms with Gasteiger partial charge >= 0.3 is 0 Å². The van der Waals surface area contributed by atoms with E-state index in [1.54, 1.807) is 30.3 Å². The molecular formula is C15H10Cl2N2O2S. The zero-order chi connectivity index (χ0) is 16.2. The summed E-state index contributed by atoms with van der Waals surface area (Å²) in [7, 11) is -3.89. The van der Waals surface area contributed by atoms with Crippen LogP contribution >= 0.6 is 23.2 Å². The zero-order valence-corrected chi connectivity index (χ0v) is 13.5. The summed E-state index contributed by atoms with van der Waals surface area (Å²) >= 11 is 11.5. The second kappa shape index (κ2) is 6.84. The Morgan fingerprint density at radius 2 is 1.50 bits per heavy atom. The summed E-state index contributed by atoms with van der Waals surface area (Å²) < 4.78 is 24.7. The highest BCUT2D eigenvalue weighted by molar-refractivity contribution is 7.95. The molecule has 22 heavy (non-hydrogen) atoms. The van der Waals surface area contributed by atoms with E-state index in [1.807, 2.05) is 0 Å². The molecule has 1 N–H and O–H groups in total. The molecule has 0 aromatic heterocycles. The summed E-state index contributed by atoms with van der Waals surface area (Å²) in [5, 5.41) is 12.9. The highest BCUT2D eigenvalue weighted by Crippen LogP contribution is 2.21. The first-order chi connectivity index (χ1) is 10.4. The summed E-state index contributed by atoms with van der Waals surface area (Å²) in [4.78, 5) is -0.396. The van der Waals surface area contributed by atoms with E-state index in [0.717, 1.165) is 6.20 Å². The molecule has 0 saturated heterocycles. The van der Waals surface area contributed by atoms with E-state index >= 15 is 0 Å². The summed E-state index contributed by atoms with van der Waals surface area (Å²) in [5.74, 6) is 0. The number of rotatable bonds is 4. The van der Waals surface area contributed by atoms with Crippen molar-refractivity contribution < 1.29 is 8.42 Å². The van der Waals surface area contributed by atoms with Gasteiger partial charge in [-0.15, -0.1) is 0 Å². The average molecular weight is 353 g/mol. The minimum atomic E-state index is -3.89. The van der Waals surface area contributed by atoms with Crippen molar-refractivity contribution in [1.82, 2.24) is 0 Å². The maximum absolute atomic E-state index is 12.4. The third-order valence-corrected chi connectivity index (χ3v) is 4.92. The number of sulfone groups is 1. The fraction of sp³-hybridized carbons (Fsp3) is 0. The summed E-state index contributed by atoms with van der Waals surface area (Å²) in [6, 6.07) is 13.9. The smallest absolute Gasteiger partial charge is 0.218 e. The molecule has 2 aromatic carbocycles. The molecule has 7 heteroatoms. The van der Waals surface area contributed by atoms with Gasteiger partial charge in [-0.1, -0.05) is 23.2 Å². The summed E-state index contributed by atoms with van der Waals surface area (Å²) in [6.45, 7) is 0. The number of benzene rings is 2. The van der Waals surface area contributed by atoms with E-state index in [4.69, 9.17) is 28.5 Å². The molecule has 0 aliphatic heterocycles. The third-order valence-electron chi connectivity index (χ3n) is 2.74. The van der Waals surface area contributed by atoms with Crippen LogP contribution in [-0.4, -0.2) is 8.42 Å². The van der Waals surface area contributed by atoms with Crippen LogP contribution in [0.1, 0.15) is 0 Å². The number of allylic oxidation sites excluding steroid dienone is 1. The van der Waals surface area contributed by atoms with Crippen LogP contribution in [0.2, 0.25) is 10.0 Å². The molecule has 0 saturated carbocycles. The standard InChI is InChI=1S/C15H10Cl2N2O2S/c16-11-1-5-13(6-2-11)19-10-15(9-18)22(20,21)14-7-3-12(17)4-8-14/h1-8,10,19H. The normalized spacial score (nSPS) is 11.8. The molecule has 0 fully saturated rings. The predicted octanol–water partition coefficient (Wildman–Crippen LogP) is 4.24. The van der Waals surface area contributed by atoms with Crippen molar-refractivity contribution in [1.29, 1.82) is 5.26 Å². The lowest BCUT2D eigenvalue weighted by atomic mass is 10.3. The van der Waals surface area contributed by atoms with E-state index in [2.05, 4.69) is 5.32 Å². The van der Waals surface area contributed by atoms with Crippen molar-refractivity contribution in [3.63, 3.8) is 0 Å². The van der Waals surface area contributed by atoms with Gasteiger partial charge in [0.25, 0.3) is 0 Å². The van der Waals surface area contributed by atoms with Crippen LogP contribution in [0.4, 0.5) is 5.69 Å². The van der Waals surface area contributed by atoms with E-state index in [-0.39, 0.29) is 4.90 Å². The number of anilines is 1. The Kier molecular flexibility index (Phi) is 5.09.